The van der Waals surface area contributed by atoms with Gasteiger partial charge in [-0.05, 0) is 30.0 Å². The first-order valence-corrected chi connectivity index (χ1v) is 6.85. The molecule has 1 aliphatic carbocycles. The number of benzene rings is 1. The van der Waals surface area contributed by atoms with Crippen molar-refractivity contribution >= 4 is 5.91 Å². The molecule has 20 heavy (non-hydrogen) atoms. The molecule has 5 nitrogen and oxygen atoms in total. The van der Waals surface area contributed by atoms with Crippen LogP contribution in [0.4, 0.5) is 0 Å². The lowest BCUT2D eigenvalue weighted by atomic mass is 10.1. The van der Waals surface area contributed by atoms with Crippen molar-refractivity contribution in [3.63, 3.8) is 0 Å². The molecule has 2 N–H and O–H groups in total. The van der Waals surface area contributed by atoms with Gasteiger partial charge in [0.25, 0.3) is 0 Å². The van der Waals surface area contributed by atoms with Gasteiger partial charge in [-0.15, -0.1) is 0 Å². The van der Waals surface area contributed by atoms with Crippen LogP contribution in [0.3, 0.4) is 0 Å². The van der Waals surface area contributed by atoms with Crippen molar-refractivity contribution in [2.45, 2.75) is 12.3 Å². The van der Waals surface area contributed by atoms with Gasteiger partial charge in [-0.2, -0.15) is 0 Å². The molecule has 0 radical (unpaired) electrons. The zero-order chi connectivity index (χ0) is 14.5. The number of methoxy groups -OCH3 is 1. The van der Waals surface area contributed by atoms with Crippen molar-refractivity contribution in [3.8, 4) is 5.75 Å². The molecule has 1 aromatic rings. The third kappa shape index (κ3) is 3.29. The molecule has 2 rings (SSSR count). The molecule has 1 fully saturated rings. The summed E-state index contributed by atoms with van der Waals surface area (Å²) in [7, 11) is 1.63. The third-order valence-electron chi connectivity index (χ3n) is 3.70. The molecule has 5 heteroatoms. The molecule has 110 valence electrons. The SMILES string of the molecule is COc1ccc(C2CC2C(=O)N(CCO)CCO)cc1. The molecule has 1 aliphatic rings. The van der Waals surface area contributed by atoms with E-state index in [1.807, 2.05) is 24.3 Å². The minimum atomic E-state index is -0.0777. The molecule has 2 atom stereocenters. The fraction of sp³-hybridized carbons (Fsp3) is 0.533. The topological polar surface area (TPSA) is 70.0 Å². The number of aliphatic hydroxyl groups excluding tert-OH is 2. The predicted octanol–water partition coefficient (Wildman–Crippen LogP) is 0.612. The Bertz CT molecular complexity index is 440. The van der Waals surface area contributed by atoms with Gasteiger partial charge in [0.15, 0.2) is 0 Å². The standard InChI is InChI=1S/C15H21NO4/c1-20-12-4-2-11(3-5-12)13-10-14(13)15(19)16(6-8-17)7-9-18/h2-5,13-14,17-18H,6-10H2,1H3. The highest BCUT2D eigenvalue weighted by Crippen LogP contribution is 2.48. The van der Waals surface area contributed by atoms with Crippen molar-refractivity contribution in [1.82, 2.24) is 4.90 Å². The lowest BCUT2D eigenvalue weighted by Crippen LogP contribution is -2.37. The van der Waals surface area contributed by atoms with E-state index in [1.165, 1.54) is 4.90 Å². The van der Waals surface area contributed by atoms with Crippen LogP contribution in [-0.4, -0.2) is 54.4 Å². The summed E-state index contributed by atoms with van der Waals surface area (Å²) in [5.74, 6) is 1.04. The Morgan fingerprint density at radius 2 is 1.85 bits per heavy atom. The Kier molecular flexibility index (Phi) is 4.98. The average molecular weight is 279 g/mol. The Morgan fingerprint density at radius 3 is 2.35 bits per heavy atom. The van der Waals surface area contributed by atoms with Crippen LogP contribution in [0.5, 0.6) is 5.75 Å². The number of nitrogens with zero attached hydrogens (tertiary/aromatic N) is 1. The van der Waals surface area contributed by atoms with Gasteiger partial charge in [0.2, 0.25) is 5.91 Å². The fourth-order valence-electron chi connectivity index (χ4n) is 2.50. The second-order valence-corrected chi connectivity index (χ2v) is 4.99. The number of carbonyl (C=O) groups is 1. The molecular formula is C15H21NO4. The molecular weight excluding hydrogens is 258 g/mol. The third-order valence-corrected chi connectivity index (χ3v) is 3.70. The van der Waals surface area contributed by atoms with E-state index in [4.69, 9.17) is 14.9 Å². The average Bonchev–Trinajstić information content (AvgIpc) is 3.27. The van der Waals surface area contributed by atoms with E-state index in [9.17, 15) is 4.79 Å². The maximum atomic E-state index is 12.3. The highest BCUT2D eigenvalue weighted by atomic mass is 16.5. The van der Waals surface area contributed by atoms with Crippen LogP contribution in [0.25, 0.3) is 0 Å². The van der Waals surface area contributed by atoms with Crippen LogP contribution in [0.1, 0.15) is 17.9 Å². The Hall–Kier alpha value is -1.59. The van der Waals surface area contributed by atoms with E-state index in [0.29, 0.717) is 0 Å². The van der Waals surface area contributed by atoms with Gasteiger partial charge in [0.1, 0.15) is 5.75 Å². The van der Waals surface area contributed by atoms with Crippen molar-refractivity contribution in [3.05, 3.63) is 29.8 Å². The Morgan fingerprint density at radius 1 is 1.25 bits per heavy atom. The van der Waals surface area contributed by atoms with Crippen molar-refractivity contribution < 1.29 is 19.7 Å². The number of ether oxygens (including phenoxy) is 1. The first-order chi connectivity index (χ1) is 9.71. The van der Waals surface area contributed by atoms with E-state index in [1.54, 1.807) is 7.11 Å². The zero-order valence-electron chi connectivity index (χ0n) is 11.7. The van der Waals surface area contributed by atoms with Crippen molar-refractivity contribution in [2.75, 3.05) is 33.4 Å². The summed E-state index contributed by atoms with van der Waals surface area (Å²) < 4.78 is 5.12. The minimum Gasteiger partial charge on any atom is -0.497 e. The quantitative estimate of drug-likeness (QED) is 0.767. The van der Waals surface area contributed by atoms with E-state index in [0.717, 1.165) is 17.7 Å². The maximum absolute atomic E-state index is 12.3. The molecule has 0 aromatic heterocycles. The minimum absolute atomic E-state index is 0.0221. The first kappa shape index (κ1) is 14.8. The molecule has 1 amide bonds. The number of hydrogen-bond donors (Lipinski definition) is 2. The summed E-state index contributed by atoms with van der Waals surface area (Å²) in [6, 6.07) is 7.77. The molecule has 0 aliphatic heterocycles. The lowest BCUT2D eigenvalue weighted by Gasteiger charge is -2.20. The molecule has 1 aromatic carbocycles. The van der Waals surface area contributed by atoms with Gasteiger partial charge >= 0.3 is 0 Å². The number of rotatable bonds is 7. The number of aliphatic hydroxyl groups is 2. The van der Waals surface area contributed by atoms with Gasteiger partial charge in [0, 0.05) is 19.0 Å². The number of carbonyl (C=O) groups excluding carboxylic acids is 1. The van der Waals surface area contributed by atoms with Crippen LogP contribution >= 0.6 is 0 Å². The largest absolute Gasteiger partial charge is 0.497 e. The lowest BCUT2D eigenvalue weighted by molar-refractivity contribution is -0.133. The summed E-state index contributed by atoms with van der Waals surface area (Å²) in [5.41, 5.74) is 1.14. The molecule has 0 spiro atoms. The normalized spacial score (nSPS) is 20.6. The monoisotopic (exact) mass is 279 g/mol. The number of hydrogen-bond acceptors (Lipinski definition) is 4. The molecule has 0 bridgehead atoms. The molecule has 0 heterocycles. The Balaban J connectivity index is 1.96. The van der Waals surface area contributed by atoms with E-state index in [2.05, 4.69) is 0 Å². The summed E-state index contributed by atoms with van der Waals surface area (Å²) in [4.78, 5) is 13.8. The first-order valence-electron chi connectivity index (χ1n) is 6.85. The fourth-order valence-corrected chi connectivity index (χ4v) is 2.50. The van der Waals surface area contributed by atoms with Crippen LogP contribution < -0.4 is 4.74 Å². The Labute approximate surface area is 118 Å². The summed E-state index contributed by atoms with van der Waals surface area (Å²) in [5, 5.41) is 17.9. The highest BCUT2D eigenvalue weighted by molar-refractivity contribution is 5.83. The maximum Gasteiger partial charge on any atom is 0.226 e. The van der Waals surface area contributed by atoms with E-state index >= 15 is 0 Å². The van der Waals surface area contributed by atoms with E-state index in [-0.39, 0.29) is 44.0 Å². The summed E-state index contributed by atoms with van der Waals surface area (Å²) in [6.07, 6.45) is 0.832. The molecule has 0 saturated heterocycles. The van der Waals surface area contributed by atoms with Crippen molar-refractivity contribution in [1.29, 1.82) is 0 Å². The predicted molar refractivity (Wildman–Crippen MR) is 74.6 cm³/mol. The van der Waals surface area contributed by atoms with Gasteiger partial charge in [-0.1, -0.05) is 12.1 Å². The molecule has 1 saturated carbocycles. The zero-order valence-corrected chi connectivity index (χ0v) is 11.7. The van der Waals surface area contributed by atoms with Crippen LogP contribution in [0.2, 0.25) is 0 Å². The summed E-state index contributed by atoms with van der Waals surface area (Å²) in [6.45, 7) is 0.410. The van der Waals surface area contributed by atoms with Gasteiger partial charge in [-0.3, -0.25) is 4.79 Å². The van der Waals surface area contributed by atoms with Gasteiger partial charge < -0.3 is 19.8 Å². The van der Waals surface area contributed by atoms with Crippen LogP contribution in [0.15, 0.2) is 24.3 Å². The van der Waals surface area contributed by atoms with Crippen LogP contribution in [-0.2, 0) is 4.79 Å². The van der Waals surface area contributed by atoms with Gasteiger partial charge in [-0.25, -0.2) is 0 Å². The number of amides is 1. The second-order valence-electron chi connectivity index (χ2n) is 4.99. The van der Waals surface area contributed by atoms with Gasteiger partial charge in [0.05, 0.1) is 20.3 Å². The summed E-state index contributed by atoms with van der Waals surface area (Å²) >= 11 is 0. The van der Waals surface area contributed by atoms with Crippen molar-refractivity contribution in [2.24, 2.45) is 5.92 Å². The molecule has 2 unspecified atom stereocenters. The van der Waals surface area contributed by atoms with Crippen LogP contribution in [0, 0.1) is 5.92 Å². The highest BCUT2D eigenvalue weighted by Gasteiger charge is 2.45. The smallest absolute Gasteiger partial charge is 0.226 e. The van der Waals surface area contributed by atoms with E-state index < -0.39 is 0 Å². The second kappa shape index (κ2) is 6.72.